The molecule has 0 spiro atoms. The highest BCUT2D eigenvalue weighted by molar-refractivity contribution is 5.10. The lowest BCUT2D eigenvalue weighted by molar-refractivity contribution is 0.0315. The second-order valence-corrected chi connectivity index (χ2v) is 7.61. The van der Waals surface area contributed by atoms with Crippen LogP contribution in [-0.4, -0.2) is 72.9 Å². The average molecular weight is 332 g/mol. The van der Waals surface area contributed by atoms with E-state index in [0.29, 0.717) is 6.04 Å². The van der Waals surface area contributed by atoms with Gasteiger partial charge in [-0.15, -0.1) is 0 Å². The van der Waals surface area contributed by atoms with E-state index in [-0.39, 0.29) is 0 Å². The predicted molar refractivity (Wildman–Crippen MR) is 96.3 cm³/mol. The van der Waals surface area contributed by atoms with Gasteiger partial charge in [0.05, 0.1) is 13.2 Å². The van der Waals surface area contributed by atoms with Gasteiger partial charge in [0.25, 0.3) is 0 Å². The van der Waals surface area contributed by atoms with Gasteiger partial charge in [0, 0.05) is 63.2 Å². The number of hydrogen-bond donors (Lipinski definition) is 1. The van der Waals surface area contributed by atoms with Crippen molar-refractivity contribution in [2.75, 3.05) is 52.5 Å². The number of rotatable bonds is 7. The molecule has 0 amide bonds. The highest BCUT2D eigenvalue weighted by Gasteiger charge is 2.25. The summed E-state index contributed by atoms with van der Waals surface area (Å²) >= 11 is 0. The van der Waals surface area contributed by atoms with Gasteiger partial charge in [-0.3, -0.25) is 4.90 Å². The normalized spacial score (nSPS) is 26.8. The minimum atomic E-state index is 0.644. The maximum absolute atomic E-state index is 5.44. The van der Waals surface area contributed by atoms with Gasteiger partial charge in [-0.1, -0.05) is 0 Å². The number of nitrogens with zero attached hydrogens (tertiary/aromatic N) is 3. The Morgan fingerprint density at radius 2 is 1.88 bits per heavy atom. The summed E-state index contributed by atoms with van der Waals surface area (Å²) in [6.07, 6.45) is 7.62. The summed E-state index contributed by atoms with van der Waals surface area (Å²) in [4.78, 5) is 5.19. The van der Waals surface area contributed by atoms with Gasteiger partial charge >= 0.3 is 0 Å². The minimum Gasteiger partial charge on any atom is -0.379 e. The first-order valence-electron chi connectivity index (χ1n) is 9.80. The lowest BCUT2D eigenvalue weighted by Crippen LogP contribution is -2.48. The molecule has 1 aliphatic carbocycles. The summed E-state index contributed by atoms with van der Waals surface area (Å²) in [5, 5.41) is 3.82. The SMILES string of the molecule is c1cc(CNC2CCCN(CCN3CCOCC3)C2)n(C2CC2)c1. The molecule has 5 heteroatoms. The summed E-state index contributed by atoms with van der Waals surface area (Å²) in [6.45, 7) is 9.91. The van der Waals surface area contributed by atoms with Crippen molar-refractivity contribution in [2.45, 2.75) is 44.3 Å². The summed E-state index contributed by atoms with van der Waals surface area (Å²) in [5.74, 6) is 0. The molecule has 5 nitrogen and oxygen atoms in total. The second kappa shape index (κ2) is 8.00. The molecular weight excluding hydrogens is 300 g/mol. The van der Waals surface area contributed by atoms with Crippen molar-refractivity contribution in [3.63, 3.8) is 0 Å². The molecule has 1 N–H and O–H groups in total. The van der Waals surface area contributed by atoms with Gasteiger partial charge in [0.2, 0.25) is 0 Å². The Balaban J connectivity index is 1.20. The Bertz CT molecular complexity index is 507. The van der Waals surface area contributed by atoms with E-state index in [2.05, 4.69) is 38.0 Å². The standard InChI is InChI=1S/C19H32N4O/c1-3-17(20-15-19-4-2-8-23(19)18-5-6-18)16-22(7-1)10-9-21-11-13-24-14-12-21/h2,4,8,17-18,20H,1,3,5-7,9-16H2. The zero-order chi connectivity index (χ0) is 16.2. The fourth-order valence-corrected chi connectivity index (χ4v) is 4.07. The van der Waals surface area contributed by atoms with E-state index >= 15 is 0 Å². The van der Waals surface area contributed by atoms with Crippen LogP contribution in [0.4, 0.5) is 0 Å². The summed E-state index contributed by atoms with van der Waals surface area (Å²) in [5.41, 5.74) is 1.46. The molecule has 0 radical (unpaired) electrons. The third-order valence-electron chi connectivity index (χ3n) is 5.72. The van der Waals surface area contributed by atoms with Crippen LogP contribution in [0.25, 0.3) is 0 Å². The molecule has 4 rings (SSSR count). The molecule has 2 aliphatic heterocycles. The van der Waals surface area contributed by atoms with Crippen molar-refractivity contribution in [1.82, 2.24) is 19.7 Å². The van der Waals surface area contributed by atoms with Gasteiger partial charge < -0.3 is 19.5 Å². The van der Waals surface area contributed by atoms with E-state index in [1.165, 1.54) is 57.6 Å². The van der Waals surface area contributed by atoms with Crippen molar-refractivity contribution in [2.24, 2.45) is 0 Å². The van der Waals surface area contributed by atoms with Crippen molar-refractivity contribution >= 4 is 0 Å². The first-order valence-corrected chi connectivity index (χ1v) is 9.80. The van der Waals surface area contributed by atoms with E-state index in [4.69, 9.17) is 4.74 Å². The van der Waals surface area contributed by atoms with E-state index < -0.39 is 0 Å². The van der Waals surface area contributed by atoms with Crippen LogP contribution in [0.5, 0.6) is 0 Å². The van der Waals surface area contributed by atoms with Crippen molar-refractivity contribution in [1.29, 1.82) is 0 Å². The van der Waals surface area contributed by atoms with Crippen LogP contribution in [0.2, 0.25) is 0 Å². The number of ether oxygens (including phenoxy) is 1. The number of aromatic nitrogens is 1. The predicted octanol–water partition coefficient (Wildman–Crippen LogP) is 1.71. The van der Waals surface area contributed by atoms with E-state index in [1.54, 1.807) is 0 Å². The Morgan fingerprint density at radius 1 is 1.04 bits per heavy atom. The van der Waals surface area contributed by atoms with Crippen LogP contribution in [0, 0.1) is 0 Å². The number of piperidine rings is 1. The molecule has 134 valence electrons. The molecule has 3 heterocycles. The van der Waals surface area contributed by atoms with Gasteiger partial charge in [-0.05, 0) is 44.4 Å². The molecule has 0 aromatic carbocycles. The topological polar surface area (TPSA) is 32.7 Å². The Labute approximate surface area is 145 Å². The summed E-state index contributed by atoms with van der Waals surface area (Å²) in [6, 6.07) is 5.91. The molecule has 1 atom stereocenters. The van der Waals surface area contributed by atoms with Gasteiger partial charge in [-0.2, -0.15) is 0 Å². The maximum atomic E-state index is 5.44. The summed E-state index contributed by atoms with van der Waals surface area (Å²) in [7, 11) is 0. The smallest absolute Gasteiger partial charge is 0.0594 e. The molecule has 1 aromatic heterocycles. The van der Waals surface area contributed by atoms with Crippen molar-refractivity contribution < 1.29 is 4.74 Å². The van der Waals surface area contributed by atoms with Crippen LogP contribution in [0.15, 0.2) is 18.3 Å². The van der Waals surface area contributed by atoms with Gasteiger partial charge in [0.15, 0.2) is 0 Å². The molecule has 1 saturated carbocycles. The van der Waals surface area contributed by atoms with E-state index in [9.17, 15) is 0 Å². The largest absolute Gasteiger partial charge is 0.379 e. The zero-order valence-corrected chi connectivity index (χ0v) is 14.8. The molecule has 3 fully saturated rings. The van der Waals surface area contributed by atoms with Crippen LogP contribution in [-0.2, 0) is 11.3 Å². The van der Waals surface area contributed by atoms with Crippen molar-refractivity contribution in [3.05, 3.63) is 24.0 Å². The molecule has 0 bridgehead atoms. The maximum Gasteiger partial charge on any atom is 0.0594 e. The second-order valence-electron chi connectivity index (χ2n) is 7.61. The van der Waals surface area contributed by atoms with Gasteiger partial charge in [0.1, 0.15) is 0 Å². The quantitative estimate of drug-likeness (QED) is 0.824. The Morgan fingerprint density at radius 3 is 2.71 bits per heavy atom. The zero-order valence-electron chi connectivity index (χ0n) is 14.8. The monoisotopic (exact) mass is 332 g/mol. The number of likely N-dealkylation sites (tertiary alicyclic amines) is 1. The van der Waals surface area contributed by atoms with E-state index in [1.807, 2.05) is 0 Å². The van der Waals surface area contributed by atoms with Crippen molar-refractivity contribution in [3.8, 4) is 0 Å². The highest BCUT2D eigenvalue weighted by atomic mass is 16.5. The lowest BCUT2D eigenvalue weighted by atomic mass is 10.1. The first kappa shape index (κ1) is 16.6. The molecule has 24 heavy (non-hydrogen) atoms. The fourth-order valence-electron chi connectivity index (χ4n) is 4.07. The Kier molecular flexibility index (Phi) is 5.53. The van der Waals surface area contributed by atoms with Crippen LogP contribution < -0.4 is 5.32 Å². The molecule has 2 saturated heterocycles. The van der Waals surface area contributed by atoms with E-state index in [0.717, 1.165) is 38.9 Å². The first-order chi connectivity index (χ1) is 11.9. The lowest BCUT2D eigenvalue weighted by Gasteiger charge is -2.35. The number of hydrogen-bond acceptors (Lipinski definition) is 4. The average Bonchev–Trinajstić information content (AvgIpc) is 3.37. The number of nitrogens with one attached hydrogen (secondary N) is 1. The molecular formula is C19H32N4O. The van der Waals surface area contributed by atoms with Crippen LogP contribution >= 0.6 is 0 Å². The van der Waals surface area contributed by atoms with Crippen LogP contribution in [0.3, 0.4) is 0 Å². The highest BCUT2D eigenvalue weighted by Crippen LogP contribution is 2.36. The van der Waals surface area contributed by atoms with Gasteiger partial charge in [-0.25, -0.2) is 0 Å². The molecule has 3 aliphatic rings. The molecule has 1 unspecified atom stereocenters. The third kappa shape index (κ3) is 4.39. The third-order valence-corrected chi connectivity index (χ3v) is 5.72. The Hall–Kier alpha value is -0.880. The van der Waals surface area contributed by atoms with Crippen LogP contribution in [0.1, 0.15) is 37.4 Å². The number of morpholine rings is 1. The fraction of sp³-hybridized carbons (Fsp3) is 0.789. The minimum absolute atomic E-state index is 0.644. The molecule has 1 aromatic rings. The summed E-state index contributed by atoms with van der Waals surface area (Å²) < 4.78 is 7.92.